The van der Waals surface area contributed by atoms with Gasteiger partial charge in [0.1, 0.15) is 5.75 Å². The number of rotatable bonds is 5. The lowest BCUT2D eigenvalue weighted by molar-refractivity contribution is 0.475. The fourth-order valence-corrected chi connectivity index (χ4v) is 1.35. The van der Waals surface area contributed by atoms with Gasteiger partial charge in [-0.3, -0.25) is 0 Å². The molecular weight excluding hydrogens is 244 g/mol. The Hall–Kier alpha value is -2.02. The molecule has 108 valence electrons. The number of hydrogen-bond donors (Lipinski definition) is 1. The summed E-state index contributed by atoms with van der Waals surface area (Å²) in [4.78, 5) is 0. The molecule has 0 atom stereocenters. The summed E-state index contributed by atoms with van der Waals surface area (Å²) in [6, 6.07) is 7.10. The first kappa shape index (κ1) is 18.0. The summed E-state index contributed by atoms with van der Waals surface area (Å²) in [6.45, 7) is 10.2. The smallest absolute Gasteiger partial charge is 0.115 e. The Bertz CT molecular complexity index is 447. The van der Waals surface area contributed by atoms with Crippen LogP contribution in [0.15, 0.2) is 66.8 Å². The Balaban J connectivity index is 0.00000110. The van der Waals surface area contributed by atoms with Crippen molar-refractivity contribution >= 4 is 6.08 Å². The number of phenolic OH excluding ortho intramolecular Hbond substituents is 1. The van der Waals surface area contributed by atoms with Gasteiger partial charge in [0.2, 0.25) is 0 Å². The third-order valence-corrected chi connectivity index (χ3v) is 2.21. The van der Waals surface area contributed by atoms with Gasteiger partial charge in [0, 0.05) is 0 Å². The van der Waals surface area contributed by atoms with Crippen molar-refractivity contribution < 1.29 is 5.11 Å². The molecule has 0 radical (unpaired) electrons. The van der Waals surface area contributed by atoms with Crippen LogP contribution < -0.4 is 0 Å². The minimum atomic E-state index is 0.292. The van der Waals surface area contributed by atoms with E-state index in [9.17, 15) is 0 Å². The molecule has 0 saturated carbocycles. The lowest BCUT2D eigenvalue weighted by Crippen LogP contribution is -1.71. The zero-order chi connectivity index (χ0) is 15.2. The van der Waals surface area contributed by atoms with Crippen LogP contribution in [-0.4, -0.2) is 5.11 Å². The van der Waals surface area contributed by atoms with Crippen molar-refractivity contribution in [2.75, 3.05) is 0 Å². The fraction of sp³-hybridized carbons (Fsp3) is 0.263. The predicted octanol–water partition coefficient (Wildman–Crippen LogP) is 5.90. The molecule has 1 aromatic rings. The quantitative estimate of drug-likeness (QED) is 0.660. The van der Waals surface area contributed by atoms with Crippen LogP contribution in [0.2, 0.25) is 0 Å². The third-order valence-electron chi connectivity index (χ3n) is 2.21. The Morgan fingerprint density at radius 3 is 2.30 bits per heavy atom. The van der Waals surface area contributed by atoms with E-state index in [4.69, 9.17) is 5.11 Å². The molecule has 20 heavy (non-hydrogen) atoms. The van der Waals surface area contributed by atoms with Gasteiger partial charge < -0.3 is 5.11 Å². The van der Waals surface area contributed by atoms with E-state index >= 15 is 0 Å². The maximum Gasteiger partial charge on any atom is 0.115 e. The first-order chi connectivity index (χ1) is 9.63. The summed E-state index contributed by atoms with van der Waals surface area (Å²) in [5, 5.41) is 9.12. The Morgan fingerprint density at radius 2 is 1.75 bits per heavy atom. The molecule has 0 amide bonds. The van der Waals surface area contributed by atoms with Crippen molar-refractivity contribution in [1.82, 2.24) is 0 Å². The van der Waals surface area contributed by atoms with E-state index < -0.39 is 0 Å². The monoisotopic (exact) mass is 270 g/mol. The second-order valence-corrected chi connectivity index (χ2v) is 4.45. The summed E-state index contributed by atoms with van der Waals surface area (Å²) in [6.07, 6.45) is 14.2. The minimum Gasteiger partial charge on any atom is -0.508 e. The Labute approximate surface area is 123 Å². The predicted molar refractivity (Wildman–Crippen MR) is 90.8 cm³/mol. The summed E-state index contributed by atoms with van der Waals surface area (Å²) < 4.78 is 0. The van der Waals surface area contributed by atoms with Gasteiger partial charge in [0.05, 0.1) is 0 Å². The molecule has 0 aromatic heterocycles. The molecule has 1 aromatic carbocycles. The second kappa shape index (κ2) is 12.0. The molecule has 0 fully saturated rings. The van der Waals surface area contributed by atoms with Crippen molar-refractivity contribution in [2.24, 2.45) is 0 Å². The normalized spacial score (nSPS) is 10.9. The van der Waals surface area contributed by atoms with E-state index in [0.29, 0.717) is 5.75 Å². The van der Waals surface area contributed by atoms with Gasteiger partial charge >= 0.3 is 0 Å². The summed E-state index contributed by atoms with van der Waals surface area (Å²) >= 11 is 0. The summed E-state index contributed by atoms with van der Waals surface area (Å²) in [7, 11) is 0. The Morgan fingerprint density at radius 1 is 1.15 bits per heavy atom. The number of benzene rings is 1. The van der Waals surface area contributed by atoms with Crippen molar-refractivity contribution in [3.8, 4) is 5.75 Å². The molecule has 0 saturated heterocycles. The summed E-state index contributed by atoms with van der Waals surface area (Å²) in [5.74, 6) is 0.292. The van der Waals surface area contributed by atoms with Gasteiger partial charge in [-0.2, -0.15) is 0 Å². The van der Waals surface area contributed by atoms with Crippen LogP contribution in [-0.2, 0) is 0 Å². The number of phenols is 1. The number of hydrogen-bond acceptors (Lipinski definition) is 1. The third kappa shape index (κ3) is 9.95. The SMILES string of the molecule is C=C(/C=C\C)C/C=C/C=C/c1ccc(O)cc1.CCC. The molecule has 1 nitrogen and oxygen atoms in total. The van der Waals surface area contributed by atoms with Crippen molar-refractivity contribution in [3.63, 3.8) is 0 Å². The number of aromatic hydroxyl groups is 1. The molecule has 0 aliphatic rings. The van der Waals surface area contributed by atoms with E-state index in [1.165, 1.54) is 6.42 Å². The van der Waals surface area contributed by atoms with Crippen molar-refractivity contribution in [1.29, 1.82) is 0 Å². The maximum atomic E-state index is 9.12. The standard InChI is InChI=1S/C16H18O.C3H8/c1-3-7-14(2)8-5-4-6-9-15-10-12-16(17)13-11-15;1-3-2/h3-7,9-13,17H,2,8H2,1H3;3H2,1-2H3/b5-4+,7-3-,9-6+;. The molecule has 1 rings (SSSR count). The molecule has 1 N–H and O–H groups in total. The van der Waals surface area contributed by atoms with Gasteiger partial charge in [-0.15, -0.1) is 0 Å². The van der Waals surface area contributed by atoms with Gasteiger partial charge in [0.15, 0.2) is 0 Å². The van der Waals surface area contributed by atoms with Crippen LogP contribution in [0.25, 0.3) is 6.08 Å². The average molecular weight is 270 g/mol. The zero-order valence-corrected chi connectivity index (χ0v) is 12.8. The summed E-state index contributed by atoms with van der Waals surface area (Å²) in [5.41, 5.74) is 2.17. The van der Waals surface area contributed by atoms with Crippen LogP contribution in [0.3, 0.4) is 0 Å². The lowest BCUT2D eigenvalue weighted by atomic mass is 10.2. The van der Waals surface area contributed by atoms with E-state index in [2.05, 4.69) is 26.5 Å². The van der Waals surface area contributed by atoms with Gasteiger partial charge in [-0.05, 0) is 31.0 Å². The van der Waals surface area contributed by atoms with Gasteiger partial charge in [-0.1, -0.05) is 81.0 Å². The van der Waals surface area contributed by atoms with Crippen LogP contribution in [0.5, 0.6) is 5.75 Å². The van der Waals surface area contributed by atoms with Crippen LogP contribution in [0.1, 0.15) is 39.2 Å². The molecule has 0 heterocycles. The topological polar surface area (TPSA) is 20.2 Å². The molecule has 0 unspecified atom stereocenters. The van der Waals surface area contributed by atoms with Crippen LogP contribution >= 0.6 is 0 Å². The van der Waals surface area contributed by atoms with Crippen molar-refractivity contribution in [3.05, 3.63) is 72.4 Å². The lowest BCUT2D eigenvalue weighted by Gasteiger charge is -1.93. The minimum absolute atomic E-state index is 0.292. The molecular formula is C19H26O. The maximum absolute atomic E-state index is 9.12. The highest BCUT2D eigenvalue weighted by Gasteiger charge is 1.86. The highest BCUT2D eigenvalue weighted by Crippen LogP contribution is 2.10. The van der Waals surface area contributed by atoms with E-state index in [0.717, 1.165) is 17.6 Å². The van der Waals surface area contributed by atoms with Crippen LogP contribution in [0.4, 0.5) is 0 Å². The van der Waals surface area contributed by atoms with E-state index in [1.54, 1.807) is 12.1 Å². The second-order valence-electron chi connectivity index (χ2n) is 4.45. The Kier molecular flexibility index (Phi) is 10.8. The molecule has 0 spiro atoms. The van der Waals surface area contributed by atoms with Crippen LogP contribution in [0, 0.1) is 0 Å². The first-order valence-electron chi connectivity index (χ1n) is 7.06. The first-order valence-corrected chi connectivity index (χ1v) is 7.06. The molecule has 0 bridgehead atoms. The highest BCUT2D eigenvalue weighted by atomic mass is 16.3. The molecule has 0 aliphatic heterocycles. The zero-order valence-electron chi connectivity index (χ0n) is 12.8. The van der Waals surface area contributed by atoms with Gasteiger partial charge in [0.25, 0.3) is 0 Å². The van der Waals surface area contributed by atoms with E-state index in [-0.39, 0.29) is 0 Å². The van der Waals surface area contributed by atoms with Gasteiger partial charge in [-0.25, -0.2) is 0 Å². The largest absolute Gasteiger partial charge is 0.508 e. The van der Waals surface area contributed by atoms with E-state index in [1.807, 2.05) is 49.4 Å². The fourth-order valence-electron chi connectivity index (χ4n) is 1.35. The highest BCUT2D eigenvalue weighted by molar-refractivity contribution is 5.52. The molecule has 1 heteroatoms. The van der Waals surface area contributed by atoms with Crippen molar-refractivity contribution in [2.45, 2.75) is 33.6 Å². The molecule has 0 aliphatic carbocycles. The average Bonchev–Trinajstić information content (AvgIpc) is 2.42. The number of allylic oxidation sites excluding steroid dienone is 6.